The molecule has 2 atom stereocenters. The average Bonchev–Trinajstić information content (AvgIpc) is 2.38. The predicted molar refractivity (Wildman–Crippen MR) is 82.0 cm³/mol. The average molecular weight is 357 g/mol. The topological polar surface area (TPSA) is 42.0 Å². The molecule has 1 heterocycles. The summed E-state index contributed by atoms with van der Waals surface area (Å²) < 4.78 is 28.5. The van der Waals surface area contributed by atoms with E-state index in [1.165, 1.54) is 12.1 Å². The molecular weight excluding hydrogens is 343 g/mol. The van der Waals surface area contributed by atoms with Crippen LogP contribution in [-0.4, -0.2) is 15.4 Å². The Morgan fingerprint density at radius 3 is 2.85 bits per heavy atom. The molecule has 0 amide bonds. The van der Waals surface area contributed by atoms with Gasteiger partial charge in [0.1, 0.15) is 5.82 Å². The van der Waals surface area contributed by atoms with E-state index in [4.69, 9.17) is 0 Å². The zero-order valence-corrected chi connectivity index (χ0v) is 13.2. The maximum Gasteiger partial charge on any atom is 0.123 e. The zero-order chi connectivity index (χ0) is 14.5. The van der Waals surface area contributed by atoms with E-state index in [0.717, 1.165) is 15.7 Å². The lowest BCUT2D eigenvalue weighted by molar-refractivity contribution is 0.602. The number of nitrogens with zero attached hydrogens (tertiary/aromatic N) is 1. The van der Waals surface area contributed by atoms with Crippen LogP contribution in [0.2, 0.25) is 0 Å². The number of halogens is 2. The summed E-state index contributed by atoms with van der Waals surface area (Å²) in [6.07, 6.45) is 3.75. The fraction of sp³-hybridized carbons (Fsp3) is 0.214. The van der Waals surface area contributed by atoms with Crippen LogP contribution in [0.4, 0.5) is 4.39 Å². The van der Waals surface area contributed by atoms with Crippen LogP contribution in [-0.2, 0) is 17.4 Å². The molecule has 0 fully saturated rings. The minimum Gasteiger partial charge on any atom is -0.258 e. The van der Waals surface area contributed by atoms with Gasteiger partial charge in [-0.2, -0.15) is 0 Å². The Hall–Kier alpha value is -1.11. The normalized spacial score (nSPS) is 13.9. The molecule has 20 heavy (non-hydrogen) atoms. The Balaban J connectivity index is 2.29. The van der Waals surface area contributed by atoms with E-state index in [1.807, 2.05) is 18.2 Å². The molecule has 6 heteroatoms. The SMILES string of the molecule is CS(=O)NC(Cc1cccc(F)c1)c1ncccc1Br. The summed E-state index contributed by atoms with van der Waals surface area (Å²) >= 11 is 3.44. The molecule has 3 nitrogen and oxygen atoms in total. The fourth-order valence-corrected chi connectivity index (χ4v) is 3.08. The summed E-state index contributed by atoms with van der Waals surface area (Å²) in [7, 11) is -1.19. The maximum absolute atomic E-state index is 13.3. The van der Waals surface area contributed by atoms with Gasteiger partial charge < -0.3 is 0 Å². The van der Waals surface area contributed by atoms with Gasteiger partial charge in [0.25, 0.3) is 0 Å². The van der Waals surface area contributed by atoms with Crippen molar-refractivity contribution in [3.63, 3.8) is 0 Å². The summed E-state index contributed by atoms with van der Waals surface area (Å²) in [5, 5.41) is 0. The van der Waals surface area contributed by atoms with Crippen LogP contribution in [0.15, 0.2) is 47.1 Å². The zero-order valence-electron chi connectivity index (χ0n) is 10.8. The van der Waals surface area contributed by atoms with Gasteiger partial charge in [-0.1, -0.05) is 12.1 Å². The van der Waals surface area contributed by atoms with E-state index >= 15 is 0 Å². The summed E-state index contributed by atoms with van der Waals surface area (Å²) in [6, 6.07) is 9.82. The maximum atomic E-state index is 13.3. The van der Waals surface area contributed by atoms with Crippen molar-refractivity contribution in [3.05, 3.63) is 64.1 Å². The van der Waals surface area contributed by atoms with E-state index in [9.17, 15) is 8.60 Å². The van der Waals surface area contributed by atoms with Crippen molar-refractivity contribution >= 4 is 26.9 Å². The monoisotopic (exact) mass is 356 g/mol. The number of aromatic nitrogens is 1. The first-order valence-electron chi connectivity index (χ1n) is 6.00. The molecule has 0 saturated heterocycles. The largest absolute Gasteiger partial charge is 0.258 e. The number of nitrogens with one attached hydrogen (secondary N) is 1. The first kappa shape index (κ1) is 15.3. The van der Waals surface area contributed by atoms with E-state index < -0.39 is 11.0 Å². The number of benzene rings is 1. The van der Waals surface area contributed by atoms with Crippen molar-refractivity contribution in [2.45, 2.75) is 12.5 Å². The Morgan fingerprint density at radius 2 is 2.20 bits per heavy atom. The van der Waals surface area contributed by atoms with E-state index in [2.05, 4.69) is 25.6 Å². The van der Waals surface area contributed by atoms with Gasteiger partial charge in [-0.3, -0.25) is 4.98 Å². The summed E-state index contributed by atoms with van der Waals surface area (Å²) in [6.45, 7) is 0. The fourth-order valence-electron chi connectivity index (χ4n) is 1.95. The number of hydrogen-bond donors (Lipinski definition) is 1. The van der Waals surface area contributed by atoms with Crippen LogP contribution in [0.5, 0.6) is 0 Å². The molecule has 2 rings (SSSR count). The smallest absolute Gasteiger partial charge is 0.123 e. The van der Waals surface area contributed by atoms with Crippen molar-refractivity contribution in [2.24, 2.45) is 0 Å². The van der Waals surface area contributed by atoms with Crippen molar-refractivity contribution in [1.82, 2.24) is 9.71 Å². The van der Waals surface area contributed by atoms with Gasteiger partial charge >= 0.3 is 0 Å². The van der Waals surface area contributed by atoms with Crippen LogP contribution in [0.1, 0.15) is 17.3 Å². The van der Waals surface area contributed by atoms with Crippen molar-refractivity contribution in [1.29, 1.82) is 0 Å². The molecule has 0 spiro atoms. The van der Waals surface area contributed by atoms with Gasteiger partial charge in [-0.25, -0.2) is 13.3 Å². The minimum atomic E-state index is -1.19. The quantitative estimate of drug-likeness (QED) is 0.893. The third-order valence-electron chi connectivity index (χ3n) is 2.75. The molecule has 1 aromatic carbocycles. The van der Waals surface area contributed by atoms with Crippen molar-refractivity contribution in [3.8, 4) is 0 Å². The van der Waals surface area contributed by atoms with Gasteiger partial charge in [0.15, 0.2) is 0 Å². The van der Waals surface area contributed by atoms with Crippen LogP contribution >= 0.6 is 15.9 Å². The Kier molecular flexibility index (Phi) is 5.39. The lowest BCUT2D eigenvalue weighted by Crippen LogP contribution is -2.26. The predicted octanol–water partition coefficient (Wildman–Crippen LogP) is 3.15. The molecule has 0 aliphatic heterocycles. The van der Waals surface area contributed by atoms with Gasteiger partial charge in [-0.15, -0.1) is 0 Å². The molecule has 0 saturated carbocycles. The third kappa shape index (κ3) is 4.19. The molecule has 2 aromatic rings. The highest BCUT2D eigenvalue weighted by Gasteiger charge is 2.17. The van der Waals surface area contributed by atoms with Crippen LogP contribution in [0, 0.1) is 5.82 Å². The van der Waals surface area contributed by atoms with E-state index in [0.29, 0.717) is 6.42 Å². The summed E-state index contributed by atoms with van der Waals surface area (Å²) in [5.41, 5.74) is 1.58. The Bertz CT molecular complexity index is 624. The number of rotatable bonds is 5. The standard InChI is InChI=1S/C14H14BrFN2OS/c1-20(19)18-13(14-12(15)6-3-7-17-14)9-10-4-2-5-11(16)8-10/h2-8,13,18H,9H2,1H3. The van der Waals surface area contributed by atoms with Crippen LogP contribution < -0.4 is 4.72 Å². The highest BCUT2D eigenvalue weighted by atomic mass is 79.9. The van der Waals surface area contributed by atoms with Crippen molar-refractivity contribution < 1.29 is 8.60 Å². The molecule has 2 unspecified atom stereocenters. The second-order valence-electron chi connectivity index (χ2n) is 4.33. The third-order valence-corrected chi connectivity index (χ3v) is 4.04. The lowest BCUT2D eigenvalue weighted by atomic mass is 10.0. The number of hydrogen-bond acceptors (Lipinski definition) is 2. The molecule has 1 N–H and O–H groups in total. The van der Waals surface area contributed by atoms with Gasteiger partial charge in [0.05, 0.1) is 22.7 Å². The molecule has 0 bridgehead atoms. The highest BCUT2D eigenvalue weighted by Crippen LogP contribution is 2.24. The van der Waals surface area contributed by atoms with E-state index in [1.54, 1.807) is 18.5 Å². The molecule has 0 aliphatic carbocycles. The molecule has 0 aliphatic rings. The molecular formula is C14H14BrFN2OS. The first-order chi connectivity index (χ1) is 9.56. The second-order valence-corrected chi connectivity index (χ2v) is 6.33. The van der Waals surface area contributed by atoms with Crippen molar-refractivity contribution in [2.75, 3.05) is 6.26 Å². The van der Waals surface area contributed by atoms with Crippen LogP contribution in [0.3, 0.4) is 0 Å². The van der Waals surface area contributed by atoms with E-state index in [-0.39, 0.29) is 11.9 Å². The van der Waals surface area contributed by atoms with Gasteiger partial charge in [0.2, 0.25) is 0 Å². The lowest BCUT2D eigenvalue weighted by Gasteiger charge is -2.18. The molecule has 106 valence electrons. The summed E-state index contributed by atoms with van der Waals surface area (Å²) in [5.74, 6) is -0.279. The van der Waals surface area contributed by atoms with Gasteiger partial charge in [0, 0.05) is 16.9 Å². The second kappa shape index (κ2) is 7.06. The molecule has 0 radical (unpaired) electrons. The van der Waals surface area contributed by atoms with Crippen LogP contribution in [0.25, 0.3) is 0 Å². The first-order valence-corrected chi connectivity index (χ1v) is 8.36. The molecule has 1 aromatic heterocycles. The number of pyridine rings is 1. The highest BCUT2D eigenvalue weighted by molar-refractivity contribution is 9.10. The van der Waals surface area contributed by atoms with Gasteiger partial charge in [-0.05, 0) is 52.2 Å². The Morgan fingerprint density at radius 1 is 1.40 bits per heavy atom. The minimum absolute atomic E-state index is 0.252. The Labute approximate surface area is 128 Å². The summed E-state index contributed by atoms with van der Waals surface area (Å²) in [4.78, 5) is 4.31.